The lowest BCUT2D eigenvalue weighted by Crippen LogP contribution is -2.11. The van der Waals surface area contributed by atoms with Crippen molar-refractivity contribution in [2.24, 2.45) is 10.7 Å². The summed E-state index contributed by atoms with van der Waals surface area (Å²) in [5, 5.41) is 0. The highest BCUT2D eigenvalue weighted by molar-refractivity contribution is 7.44. The molecule has 1 amide bonds. The van der Waals surface area contributed by atoms with Crippen molar-refractivity contribution in [3.63, 3.8) is 0 Å². The van der Waals surface area contributed by atoms with E-state index in [1.165, 1.54) is 0 Å². The van der Waals surface area contributed by atoms with Gasteiger partial charge in [0.25, 0.3) is 0 Å². The summed E-state index contributed by atoms with van der Waals surface area (Å²) in [4.78, 5) is 14.7. The molecule has 6 heteroatoms. The second-order valence-electron chi connectivity index (χ2n) is 4.44. The summed E-state index contributed by atoms with van der Waals surface area (Å²) >= 11 is 0. The van der Waals surface area contributed by atoms with E-state index >= 15 is 0 Å². The molecule has 1 atom stereocenters. The molecule has 0 radical (unpaired) electrons. The van der Waals surface area contributed by atoms with Crippen molar-refractivity contribution in [3.8, 4) is 5.75 Å². The van der Waals surface area contributed by atoms with E-state index < -0.39 is 13.7 Å². The van der Waals surface area contributed by atoms with Crippen LogP contribution in [-0.4, -0.2) is 37.6 Å². The van der Waals surface area contributed by atoms with Crippen LogP contribution >= 0.6 is 7.80 Å². The monoisotopic (exact) mass is 296 g/mol. The maximum atomic E-state index is 11.6. The van der Waals surface area contributed by atoms with E-state index in [1.54, 1.807) is 7.05 Å². The lowest BCUT2D eigenvalue weighted by Gasteiger charge is -2.07. The molecule has 1 aromatic rings. The summed E-state index contributed by atoms with van der Waals surface area (Å²) < 4.78 is 17.1. The third kappa shape index (κ3) is 6.02. The molecule has 1 aromatic carbocycles. The van der Waals surface area contributed by atoms with Gasteiger partial charge in [-0.25, -0.2) is 0 Å². The quantitative estimate of drug-likeness (QED) is 0.588. The molecule has 110 valence electrons. The number of ether oxygens (including phenoxy) is 1. The van der Waals surface area contributed by atoms with E-state index in [0.717, 1.165) is 17.0 Å². The zero-order valence-corrected chi connectivity index (χ0v) is 12.9. The van der Waals surface area contributed by atoms with Crippen LogP contribution in [0, 0.1) is 0 Å². The molecular weight excluding hydrogens is 275 g/mol. The van der Waals surface area contributed by atoms with Crippen molar-refractivity contribution in [2.45, 2.75) is 13.3 Å². The second kappa shape index (κ2) is 8.54. The van der Waals surface area contributed by atoms with E-state index in [-0.39, 0.29) is 6.42 Å². The van der Waals surface area contributed by atoms with E-state index in [2.05, 4.69) is 4.99 Å². The molecule has 0 bridgehead atoms. The van der Waals surface area contributed by atoms with Gasteiger partial charge >= 0.3 is 0 Å². The number of carbonyl (C=O) groups excluding carboxylic acids is 1. The van der Waals surface area contributed by atoms with Crippen LogP contribution in [0.25, 0.3) is 0 Å². The van der Waals surface area contributed by atoms with E-state index in [9.17, 15) is 9.36 Å². The lowest BCUT2D eigenvalue weighted by atomic mass is 10.1. The van der Waals surface area contributed by atoms with Gasteiger partial charge < -0.3 is 15.0 Å². The van der Waals surface area contributed by atoms with Gasteiger partial charge in [-0.05, 0) is 36.8 Å². The van der Waals surface area contributed by atoms with Gasteiger partial charge in [-0.3, -0.25) is 9.79 Å². The summed E-state index contributed by atoms with van der Waals surface area (Å²) in [5.74, 6) is 0.329. The average molecular weight is 296 g/mol. The molecule has 0 fully saturated rings. The zero-order chi connectivity index (χ0) is 15.0. The Hall–Kier alpha value is -1.61. The predicted molar refractivity (Wildman–Crippen MR) is 82.6 cm³/mol. The minimum atomic E-state index is -1.77. The molecule has 0 spiro atoms. The fourth-order valence-electron chi connectivity index (χ4n) is 1.59. The molecule has 0 saturated carbocycles. The largest absolute Gasteiger partial charge is 0.493 e. The van der Waals surface area contributed by atoms with Crippen LogP contribution in [0.2, 0.25) is 0 Å². The number of aliphatic imine (C=N–C) groups is 1. The number of hydrogen-bond acceptors (Lipinski definition) is 4. The van der Waals surface area contributed by atoms with Crippen LogP contribution in [-0.2, 0) is 9.36 Å². The summed E-state index contributed by atoms with van der Waals surface area (Å²) in [6.07, 6.45) is 1.02. The van der Waals surface area contributed by atoms with E-state index in [1.807, 2.05) is 31.2 Å². The summed E-state index contributed by atoms with van der Waals surface area (Å²) in [5.41, 5.74) is 7.02. The van der Waals surface area contributed by atoms with Crippen molar-refractivity contribution >= 4 is 19.4 Å². The van der Waals surface area contributed by atoms with E-state index in [4.69, 9.17) is 10.5 Å². The Bertz CT molecular complexity index is 498. The highest BCUT2D eigenvalue weighted by Gasteiger charge is 2.04. The first-order chi connectivity index (χ1) is 9.52. The minimum absolute atomic E-state index is 0.183. The molecule has 5 nitrogen and oxygen atoms in total. The Kier molecular flexibility index (Phi) is 7.02. The van der Waals surface area contributed by atoms with Crippen molar-refractivity contribution in [1.82, 2.24) is 0 Å². The first-order valence-corrected chi connectivity index (χ1v) is 8.32. The second-order valence-corrected chi connectivity index (χ2v) is 6.51. The summed E-state index contributed by atoms with van der Waals surface area (Å²) in [7, 11) is -0.0209. The van der Waals surface area contributed by atoms with Gasteiger partial charge in [0.1, 0.15) is 5.75 Å². The van der Waals surface area contributed by atoms with Crippen molar-refractivity contribution in [1.29, 1.82) is 0 Å². The highest BCUT2D eigenvalue weighted by atomic mass is 31.1. The molecule has 1 unspecified atom stereocenters. The van der Waals surface area contributed by atoms with Gasteiger partial charge in [0.15, 0.2) is 0 Å². The Morgan fingerprint density at radius 1 is 1.30 bits per heavy atom. The van der Waals surface area contributed by atoms with Gasteiger partial charge in [0.05, 0.1) is 14.4 Å². The maximum absolute atomic E-state index is 11.6. The lowest BCUT2D eigenvalue weighted by molar-refractivity contribution is -0.117. The molecule has 20 heavy (non-hydrogen) atoms. The number of benzene rings is 1. The maximum Gasteiger partial charge on any atom is 0.217 e. The number of amides is 1. The van der Waals surface area contributed by atoms with Crippen LogP contribution < -0.4 is 10.5 Å². The fraction of sp³-hybridized carbons (Fsp3) is 0.429. The zero-order valence-electron chi connectivity index (χ0n) is 11.9. The molecule has 0 heterocycles. The Morgan fingerprint density at radius 3 is 2.50 bits per heavy atom. The number of rotatable bonds is 8. The standard InChI is InChI=1S/C14H21N2O3P/c1-11(16-2)12-3-5-13(6-4-12)19-8-10-20(18)9-7-14(15)17/h3-6,20H,7-10H2,1-2H3,(H2,15,17)/b16-11+. The highest BCUT2D eigenvalue weighted by Crippen LogP contribution is 2.21. The number of hydrogen-bond donors (Lipinski definition) is 1. The van der Waals surface area contributed by atoms with Crippen molar-refractivity contribution in [3.05, 3.63) is 29.8 Å². The smallest absolute Gasteiger partial charge is 0.217 e. The normalized spacial score (nSPS) is 13.0. The van der Waals surface area contributed by atoms with Gasteiger partial charge in [-0.2, -0.15) is 0 Å². The number of primary amides is 1. The Morgan fingerprint density at radius 2 is 1.95 bits per heavy atom. The van der Waals surface area contributed by atoms with Gasteiger partial charge in [0.2, 0.25) is 5.91 Å². The molecule has 0 aliphatic rings. The van der Waals surface area contributed by atoms with Crippen LogP contribution in [0.5, 0.6) is 5.75 Å². The fourth-order valence-corrected chi connectivity index (χ4v) is 2.70. The SMILES string of the molecule is C/N=C(\C)c1ccc(OCC[PH](=O)CCC(N)=O)cc1. The third-order valence-corrected chi connectivity index (χ3v) is 4.48. The van der Waals surface area contributed by atoms with Crippen molar-refractivity contribution < 1.29 is 14.1 Å². The van der Waals surface area contributed by atoms with Gasteiger partial charge in [-0.1, -0.05) is 0 Å². The molecular formula is C14H21N2O3P. The van der Waals surface area contributed by atoms with E-state index in [0.29, 0.717) is 18.9 Å². The Balaban J connectivity index is 2.35. The molecule has 0 aliphatic heterocycles. The minimum Gasteiger partial charge on any atom is -0.493 e. The molecule has 0 aromatic heterocycles. The predicted octanol–water partition coefficient (Wildman–Crippen LogP) is 1.94. The molecule has 1 rings (SSSR count). The number of nitrogens with two attached hydrogens (primary N) is 1. The van der Waals surface area contributed by atoms with Crippen LogP contribution in [0.1, 0.15) is 18.9 Å². The van der Waals surface area contributed by atoms with Gasteiger partial charge in [0, 0.05) is 31.5 Å². The molecule has 0 saturated heterocycles. The number of nitrogens with zero attached hydrogens (tertiary/aromatic N) is 1. The van der Waals surface area contributed by atoms with Gasteiger partial charge in [-0.15, -0.1) is 0 Å². The molecule has 0 aliphatic carbocycles. The van der Waals surface area contributed by atoms with Crippen molar-refractivity contribution in [2.75, 3.05) is 26.0 Å². The average Bonchev–Trinajstić information content (AvgIpc) is 2.45. The summed E-state index contributed by atoms with van der Waals surface area (Å²) in [6, 6.07) is 7.61. The van der Waals surface area contributed by atoms with Crippen LogP contribution in [0.4, 0.5) is 0 Å². The third-order valence-electron chi connectivity index (χ3n) is 2.91. The number of carbonyl (C=O) groups is 1. The van der Waals surface area contributed by atoms with Crippen LogP contribution in [0.3, 0.4) is 0 Å². The topological polar surface area (TPSA) is 81.8 Å². The van der Waals surface area contributed by atoms with Crippen LogP contribution in [0.15, 0.2) is 29.3 Å². The summed E-state index contributed by atoms with van der Waals surface area (Å²) in [6.45, 7) is 2.33. The molecule has 2 N–H and O–H groups in total. The first-order valence-electron chi connectivity index (χ1n) is 6.49. The Labute approximate surface area is 120 Å². The first kappa shape index (κ1) is 16.4.